The van der Waals surface area contributed by atoms with E-state index < -0.39 is 0 Å². The summed E-state index contributed by atoms with van der Waals surface area (Å²) < 4.78 is 12.0. The third-order valence-electron chi connectivity index (χ3n) is 1.83. The molecule has 0 bridgehead atoms. The van der Waals surface area contributed by atoms with Crippen LogP contribution < -0.4 is 10.5 Å². The van der Waals surface area contributed by atoms with Crippen molar-refractivity contribution in [1.29, 1.82) is 0 Å². The molecule has 0 atom stereocenters. The fourth-order valence-electron chi connectivity index (χ4n) is 1.13. The van der Waals surface area contributed by atoms with Gasteiger partial charge < -0.3 is 15.2 Å². The SMILES string of the molecule is CC(C)(C)OCCOc1cc(N)ccc1Br. The molecule has 0 aliphatic rings. The summed E-state index contributed by atoms with van der Waals surface area (Å²) >= 11 is 3.40. The van der Waals surface area contributed by atoms with Gasteiger partial charge in [0, 0.05) is 11.8 Å². The van der Waals surface area contributed by atoms with E-state index in [1.807, 2.05) is 32.9 Å². The highest BCUT2D eigenvalue weighted by atomic mass is 79.9. The first kappa shape index (κ1) is 13.3. The van der Waals surface area contributed by atoms with Crippen LogP contribution in [-0.4, -0.2) is 18.8 Å². The van der Waals surface area contributed by atoms with Gasteiger partial charge in [0.2, 0.25) is 0 Å². The average molecular weight is 288 g/mol. The zero-order valence-electron chi connectivity index (χ0n) is 9.92. The Balaban J connectivity index is 2.40. The molecule has 0 aromatic heterocycles. The van der Waals surface area contributed by atoms with Gasteiger partial charge >= 0.3 is 0 Å². The van der Waals surface area contributed by atoms with Gasteiger partial charge in [0.15, 0.2) is 0 Å². The van der Waals surface area contributed by atoms with Crippen molar-refractivity contribution in [3.8, 4) is 5.75 Å². The van der Waals surface area contributed by atoms with Gasteiger partial charge in [0.25, 0.3) is 0 Å². The lowest BCUT2D eigenvalue weighted by Gasteiger charge is -2.19. The number of anilines is 1. The predicted molar refractivity (Wildman–Crippen MR) is 69.8 cm³/mol. The highest BCUT2D eigenvalue weighted by molar-refractivity contribution is 9.10. The summed E-state index contributed by atoms with van der Waals surface area (Å²) in [6.07, 6.45) is 0. The highest BCUT2D eigenvalue weighted by Crippen LogP contribution is 2.26. The molecule has 0 saturated heterocycles. The van der Waals surface area contributed by atoms with E-state index in [1.54, 1.807) is 6.07 Å². The number of benzene rings is 1. The molecule has 0 aliphatic heterocycles. The third kappa shape index (κ3) is 4.86. The molecular formula is C12H18BrNO2. The molecular weight excluding hydrogens is 270 g/mol. The van der Waals surface area contributed by atoms with Gasteiger partial charge in [0.1, 0.15) is 12.4 Å². The smallest absolute Gasteiger partial charge is 0.135 e. The van der Waals surface area contributed by atoms with Crippen LogP contribution in [0.5, 0.6) is 5.75 Å². The zero-order valence-corrected chi connectivity index (χ0v) is 11.5. The van der Waals surface area contributed by atoms with Crippen molar-refractivity contribution in [2.45, 2.75) is 26.4 Å². The van der Waals surface area contributed by atoms with Gasteiger partial charge in [0.05, 0.1) is 16.7 Å². The zero-order chi connectivity index (χ0) is 12.2. The van der Waals surface area contributed by atoms with Crippen molar-refractivity contribution in [3.05, 3.63) is 22.7 Å². The summed E-state index contributed by atoms with van der Waals surface area (Å²) in [6.45, 7) is 7.13. The first-order valence-corrected chi connectivity index (χ1v) is 5.99. The van der Waals surface area contributed by atoms with Crippen molar-refractivity contribution >= 4 is 21.6 Å². The molecule has 2 N–H and O–H groups in total. The number of hydrogen-bond acceptors (Lipinski definition) is 3. The van der Waals surface area contributed by atoms with Gasteiger partial charge in [-0.2, -0.15) is 0 Å². The number of nitrogens with two attached hydrogens (primary N) is 1. The van der Waals surface area contributed by atoms with Crippen LogP contribution in [0.25, 0.3) is 0 Å². The summed E-state index contributed by atoms with van der Waals surface area (Å²) in [7, 11) is 0. The second kappa shape index (κ2) is 5.55. The number of hydrogen-bond donors (Lipinski definition) is 1. The van der Waals surface area contributed by atoms with E-state index in [9.17, 15) is 0 Å². The molecule has 1 aromatic rings. The lowest BCUT2D eigenvalue weighted by Crippen LogP contribution is -2.22. The van der Waals surface area contributed by atoms with Crippen LogP contribution in [0.1, 0.15) is 20.8 Å². The Kier molecular flexibility index (Phi) is 4.62. The third-order valence-corrected chi connectivity index (χ3v) is 2.49. The summed E-state index contributed by atoms with van der Waals surface area (Å²) in [5.41, 5.74) is 6.23. The molecule has 0 spiro atoms. The average Bonchev–Trinajstić information content (AvgIpc) is 2.16. The molecule has 0 saturated carbocycles. The molecule has 16 heavy (non-hydrogen) atoms. The minimum atomic E-state index is -0.129. The van der Waals surface area contributed by atoms with Crippen LogP contribution in [0.4, 0.5) is 5.69 Å². The Bertz CT molecular complexity index is 347. The van der Waals surface area contributed by atoms with Crippen molar-refractivity contribution in [3.63, 3.8) is 0 Å². The number of ether oxygens (including phenoxy) is 2. The van der Waals surface area contributed by atoms with Crippen LogP contribution in [0, 0.1) is 0 Å². The fourth-order valence-corrected chi connectivity index (χ4v) is 1.49. The Morgan fingerprint density at radius 2 is 1.94 bits per heavy atom. The van der Waals surface area contributed by atoms with Gasteiger partial charge in [-0.25, -0.2) is 0 Å². The van der Waals surface area contributed by atoms with E-state index in [1.165, 1.54) is 0 Å². The van der Waals surface area contributed by atoms with E-state index in [4.69, 9.17) is 15.2 Å². The number of halogens is 1. The summed E-state index contributed by atoms with van der Waals surface area (Å²) in [5, 5.41) is 0. The second-order valence-corrected chi connectivity index (χ2v) is 5.35. The van der Waals surface area contributed by atoms with Crippen LogP contribution in [0.3, 0.4) is 0 Å². The lowest BCUT2D eigenvalue weighted by molar-refractivity contribution is -0.0163. The van der Waals surface area contributed by atoms with E-state index in [0.29, 0.717) is 18.9 Å². The van der Waals surface area contributed by atoms with E-state index in [-0.39, 0.29) is 5.60 Å². The maximum Gasteiger partial charge on any atom is 0.135 e. The normalized spacial score (nSPS) is 11.5. The highest BCUT2D eigenvalue weighted by Gasteiger charge is 2.09. The molecule has 0 radical (unpaired) electrons. The summed E-state index contributed by atoms with van der Waals surface area (Å²) in [6, 6.07) is 5.49. The van der Waals surface area contributed by atoms with Crippen molar-refractivity contribution in [2.75, 3.05) is 18.9 Å². The first-order chi connectivity index (χ1) is 7.38. The number of rotatable bonds is 4. The minimum Gasteiger partial charge on any atom is -0.490 e. The minimum absolute atomic E-state index is 0.129. The van der Waals surface area contributed by atoms with Crippen molar-refractivity contribution < 1.29 is 9.47 Å². The second-order valence-electron chi connectivity index (χ2n) is 4.50. The molecule has 3 nitrogen and oxygen atoms in total. The largest absolute Gasteiger partial charge is 0.490 e. The van der Waals surface area contributed by atoms with Crippen LogP contribution in [-0.2, 0) is 4.74 Å². The van der Waals surface area contributed by atoms with Gasteiger partial charge in [-0.1, -0.05) is 0 Å². The Labute approximate surface area is 105 Å². The topological polar surface area (TPSA) is 44.5 Å². The van der Waals surface area contributed by atoms with Gasteiger partial charge in [-0.3, -0.25) is 0 Å². The van der Waals surface area contributed by atoms with Gasteiger partial charge in [-0.15, -0.1) is 0 Å². The lowest BCUT2D eigenvalue weighted by atomic mass is 10.2. The Hall–Kier alpha value is -0.740. The molecule has 0 amide bonds. The van der Waals surface area contributed by atoms with Crippen molar-refractivity contribution in [2.24, 2.45) is 0 Å². The standard InChI is InChI=1S/C12H18BrNO2/c1-12(2,3)16-7-6-15-11-8-9(14)4-5-10(11)13/h4-5,8H,6-7,14H2,1-3H3. The van der Waals surface area contributed by atoms with E-state index >= 15 is 0 Å². The molecule has 1 rings (SSSR count). The summed E-state index contributed by atoms with van der Waals surface area (Å²) in [4.78, 5) is 0. The molecule has 0 unspecified atom stereocenters. The molecule has 4 heteroatoms. The van der Waals surface area contributed by atoms with Crippen LogP contribution >= 0.6 is 15.9 Å². The predicted octanol–water partition coefficient (Wildman–Crippen LogP) is 3.23. The number of nitrogen functional groups attached to an aromatic ring is 1. The Morgan fingerprint density at radius 3 is 2.56 bits per heavy atom. The first-order valence-electron chi connectivity index (χ1n) is 5.20. The molecule has 0 aliphatic carbocycles. The quantitative estimate of drug-likeness (QED) is 0.683. The molecule has 1 aromatic carbocycles. The summed E-state index contributed by atoms with van der Waals surface area (Å²) in [5.74, 6) is 0.748. The van der Waals surface area contributed by atoms with Crippen LogP contribution in [0.15, 0.2) is 22.7 Å². The van der Waals surface area contributed by atoms with E-state index in [0.717, 1.165) is 10.2 Å². The molecule has 90 valence electrons. The van der Waals surface area contributed by atoms with Crippen molar-refractivity contribution in [1.82, 2.24) is 0 Å². The monoisotopic (exact) mass is 287 g/mol. The van der Waals surface area contributed by atoms with Crippen LogP contribution in [0.2, 0.25) is 0 Å². The van der Waals surface area contributed by atoms with E-state index in [2.05, 4.69) is 15.9 Å². The molecule has 0 heterocycles. The Morgan fingerprint density at radius 1 is 1.25 bits per heavy atom. The fraction of sp³-hybridized carbons (Fsp3) is 0.500. The molecule has 0 fully saturated rings. The van der Waals surface area contributed by atoms with Gasteiger partial charge in [-0.05, 0) is 48.8 Å². The maximum absolute atomic E-state index is 5.67. The maximum atomic E-state index is 5.67.